The second-order valence-electron chi connectivity index (χ2n) is 5.22. The molecule has 5 nitrogen and oxygen atoms in total. The Morgan fingerprint density at radius 1 is 1.33 bits per heavy atom. The highest BCUT2D eigenvalue weighted by Gasteiger charge is 2.55. The number of allylic oxidation sites excluding steroid dienone is 1. The number of hydrogen-bond donors (Lipinski definition) is 2. The highest BCUT2D eigenvalue weighted by atomic mass is 35.5. The van der Waals surface area contributed by atoms with E-state index >= 15 is 0 Å². The van der Waals surface area contributed by atoms with Gasteiger partial charge in [0.15, 0.2) is 11.9 Å². The fraction of sp³-hybridized carbons (Fsp3) is 0.286. The van der Waals surface area contributed by atoms with E-state index in [0.717, 1.165) is 0 Å². The first-order chi connectivity index (χ1) is 11.2. The molecule has 0 aliphatic carbocycles. The normalized spacial score (nSPS) is 26.2. The molecule has 0 saturated heterocycles. The zero-order chi connectivity index (χ0) is 17.6. The Kier molecular flexibility index (Phi) is 4.01. The Bertz CT molecular complexity index is 800. The van der Waals surface area contributed by atoms with Gasteiger partial charge in [-0.15, -0.1) is 0 Å². The summed E-state index contributed by atoms with van der Waals surface area (Å²) >= 11 is 12.1. The summed E-state index contributed by atoms with van der Waals surface area (Å²) in [6, 6.07) is 6.16. The van der Waals surface area contributed by atoms with E-state index in [9.17, 15) is 18.4 Å². The molecule has 0 bridgehead atoms. The first-order valence-corrected chi connectivity index (χ1v) is 7.41. The zero-order valence-electron chi connectivity index (χ0n) is 11.7. The van der Waals surface area contributed by atoms with E-state index < -0.39 is 30.0 Å². The third kappa shape index (κ3) is 2.64. The summed E-state index contributed by atoms with van der Waals surface area (Å²) in [7, 11) is 0. The SMILES string of the molecule is N#CC1=C(N)OC2NN=C(C(F)(F)F)C2C1c1cc(Cl)ccc1Cl. The summed E-state index contributed by atoms with van der Waals surface area (Å²) < 4.78 is 45.1. The lowest BCUT2D eigenvalue weighted by Crippen LogP contribution is -2.45. The summed E-state index contributed by atoms with van der Waals surface area (Å²) in [5.41, 5.74) is 6.98. The van der Waals surface area contributed by atoms with Crippen LogP contribution < -0.4 is 11.2 Å². The van der Waals surface area contributed by atoms with E-state index in [1.807, 2.05) is 6.07 Å². The number of nitriles is 1. The van der Waals surface area contributed by atoms with Crippen LogP contribution in [0, 0.1) is 17.2 Å². The second kappa shape index (κ2) is 5.76. The summed E-state index contributed by atoms with van der Waals surface area (Å²) in [5.74, 6) is -2.68. The monoisotopic (exact) mass is 376 g/mol. The Morgan fingerprint density at radius 2 is 2.04 bits per heavy atom. The van der Waals surface area contributed by atoms with Gasteiger partial charge in [-0.1, -0.05) is 23.2 Å². The van der Waals surface area contributed by atoms with E-state index in [4.69, 9.17) is 33.7 Å². The number of nitrogens with zero attached hydrogens (tertiary/aromatic N) is 2. The van der Waals surface area contributed by atoms with Gasteiger partial charge in [-0.05, 0) is 23.8 Å². The number of nitrogens with two attached hydrogens (primary N) is 1. The average Bonchev–Trinajstić information content (AvgIpc) is 2.91. The van der Waals surface area contributed by atoms with Gasteiger partial charge in [0.25, 0.3) is 0 Å². The van der Waals surface area contributed by atoms with Crippen molar-refractivity contribution < 1.29 is 17.9 Å². The molecule has 24 heavy (non-hydrogen) atoms. The molecular formula is C14H9Cl2F3N4O. The molecule has 2 heterocycles. The van der Waals surface area contributed by atoms with Gasteiger partial charge in [0, 0.05) is 16.0 Å². The standard InChI is InChI=1S/C14H9Cl2F3N4O/c15-5-1-2-8(16)6(3-5)9-7(4-20)12(21)24-13-10(9)11(22-23-13)14(17,18)19/h1-3,9-10,13,23H,21H2. The van der Waals surface area contributed by atoms with E-state index in [-0.39, 0.29) is 27.1 Å². The fourth-order valence-corrected chi connectivity index (χ4v) is 3.29. The molecule has 3 rings (SSSR count). The molecule has 0 saturated carbocycles. The predicted molar refractivity (Wildman–Crippen MR) is 81.0 cm³/mol. The maximum absolute atomic E-state index is 13.3. The highest BCUT2D eigenvalue weighted by Crippen LogP contribution is 2.47. The van der Waals surface area contributed by atoms with E-state index in [0.29, 0.717) is 0 Å². The minimum absolute atomic E-state index is 0.152. The van der Waals surface area contributed by atoms with Gasteiger partial charge < -0.3 is 10.5 Å². The average molecular weight is 377 g/mol. The van der Waals surface area contributed by atoms with Crippen molar-refractivity contribution in [2.75, 3.05) is 0 Å². The number of halogens is 5. The van der Waals surface area contributed by atoms with Crippen LogP contribution in [0.1, 0.15) is 11.5 Å². The van der Waals surface area contributed by atoms with E-state index in [1.54, 1.807) is 0 Å². The smallest absolute Gasteiger partial charge is 0.431 e. The van der Waals surface area contributed by atoms with Gasteiger partial charge in [0.2, 0.25) is 5.88 Å². The van der Waals surface area contributed by atoms with Crippen LogP contribution in [0.4, 0.5) is 13.2 Å². The number of alkyl halides is 3. The Hall–Kier alpha value is -2.11. The van der Waals surface area contributed by atoms with Crippen LogP contribution in [-0.4, -0.2) is 18.1 Å². The minimum atomic E-state index is -4.70. The van der Waals surface area contributed by atoms with Gasteiger partial charge in [-0.3, -0.25) is 5.43 Å². The lowest BCUT2D eigenvalue weighted by atomic mass is 9.76. The van der Waals surface area contributed by atoms with Crippen molar-refractivity contribution in [2.45, 2.75) is 18.3 Å². The third-order valence-corrected chi connectivity index (χ3v) is 4.43. The van der Waals surface area contributed by atoms with Gasteiger partial charge >= 0.3 is 6.18 Å². The number of fused-ring (bicyclic) bond motifs is 1. The molecule has 0 aromatic heterocycles. The molecule has 3 unspecified atom stereocenters. The fourth-order valence-electron chi connectivity index (χ4n) is 2.88. The number of hydrazone groups is 1. The molecule has 10 heteroatoms. The van der Waals surface area contributed by atoms with Crippen molar-refractivity contribution in [1.29, 1.82) is 5.26 Å². The maximum atomic E-state index is 13.3. The van der Waals surface area contributed by atoms with Crippen LogP contribution in [0.25, 0.3) is 0 Å². The molecular weight excluding hydrogens is 368 g/mol. The van der Waals surface area contributed by atoms with Crippen molar-refractivity contribution in [3.8, 4) is 6.07 Å². The third-order valence-electron chi connectivity index (χ3n) is 3.85. The first-order valence-electron chi connectivity index (χ1n) is 6.65. The number of ether oxygens (including phenoxy) is 1. The number of rotatable bonds is 1. The molecule has 0 radical (unpaired) electrons. The molecule has 0 fully saturated rings. The van der Waals surface area contributed by atoms with Gasteiger partial charge in [-0.25, -0.2) is 0 Å². The van der Waals surface area contributed by atoms with E-state index in [1.165, 1.54) is 18.2 Å². The lowest BCUT2D eigenvalue weighted by molar-refractivity contribution is -0.0661. The second-order valence-corrected chi connectivity index (χ2v) is 6.07. The van der Waals surface area contributed by atoms with Crippen molar-refractivity contribution in [2.24, 2.45) is 16.8 Å². The van der Waals surface area contributed by atoms with Crippen LogP contribution in [-0.2, 0) is 4.74 Å². The summed E-state index contributed by atoms with van der Waals surface area (Å²) in [4.78, 5) is 0. The largest absolute Gasteiger partial charge is 0.453 e. The molecule has 0 amide bonds. The van der Waals surface area contributed by atoms with Crippen LogP contribution in [0.2, 0.25) is 10.0 Å². The Morgan fingerprint density at radius 3 is 2.67 bits per heavy atom. The Labute approximate surface area is 144 Å². The molecule has 1 aromatic rings. The van der Waals surface area contributed by atoms with Crippen molar-refractivity contribution in [1.82, 2.24) is 5.43 Å². The first kappa shape index (κ1) is 16.7. The topological polar surface area (TPSA) is 83.4 Å². The van der Waals surface area contributed by atoms with Crippen LogP contribution in [0.3, 0.4) is 0 Å². The molecule has 3 N–H and O–H groups in total. The minimum Gasteiger partial charge on any atom is -0.453 e. The lowest BCUT2D eigenvalue weighted by Gasteiger charge is -2.35. The molecule has 3 atom stereocenters. The van der Waals surface area contributed by atoms with Crippen molar-refractivity contribution >= 4 is 28.9 Å². The molecule has 2 aliphatic heterocycles. The molecule has 2 aliphatic rings. The summed E-state index contributed by atoms with van der Waals surface area (Å²) in [5, 5.41) is 13.1. The predicted octanol–water partition coefficient (Wildman–Crippen LogP) is 3.26. The van der Waals surface area contributed by atoms with Crippen LogP contribution in [0.5, 0.6) is 0 Å². The Balaban J connectivity index is 2.21. The van der Waals surface area contributed by atoms with Crippen LogP contribution in [0.15, 0.2) is 34.8 Å². The van der Waals surface area contributed by atoms with Gasteiger partial charge in [0.05, 0.1) is 11.5 Å². The van der Waals surface area contributed by atoms with Crippen LogP contribution >= 0.6 is 23.2 Å². The molecule has 1 aromatic carbocycles. The number of hydrogen-bond acceptors (Lipinski definition) is 5. The van der Waals surface area contributed by atoms with E-state index in [2.05, 4.69) is 10.5 Å². The van der Waals surface area contributed by atoms with Crippen molar-refractivity contribution in [3.05, 3.63) is 45.3 Å². The molecule has 0 spiro atoms. The maximum Gasteiger partial charge on any atom is 0.431 e. The summed E-state index contributed by atoms with van der Waals surface area (Å²) in [6.07, 6.45) is -5.86. The highest BCUT2D eigenvalue weighted by molar-refractivity contribution is 6.33. The molecule has 126 valence electrons. The summed E-state index contributed by atoms with van der Waals surface area (Å²) in [6.45, 7) is 0. The van der Waals surface area contributed by atoms with Gasteiger partial charge in [-0.2, -0.15) is 23.5 Å². The zero-order valence-corrected chi connectivity index (χ0v) is 13.2. The van der Waals surface area contributed by atoms with Crippen molar-refractivity contribution in [3.63, 3.8) is 0 Å². The van der Waals surface area contributed by atoms with Gasteiger partial charge in [0.1, 0.15) is 6.07 Å². The quantitative estimate of drug-likeness (QED) is 0.787. The number of benzene rings is 1. The number of nitrogens with one attached hydrogen (secondary N) is 1.